The second-order valence-electron chi connectivity index (χ2n) is 4.47. The lowest BCUT2D eigenvalue weighted by Gasteiger charge is -2.12. The fraction of sp³-hybridized carbons (Fsp3) is 0.429. The first kappa shape index (κ1) is 14.2. The van der Waals surface area contributed by atoms with E-state index >= 15 is 0 Å². The largest absolute Gasteiger partial charge is 0.481 e. The second-order valence-corrected chi connectivity index (χ2v) is 4.47. The first-order valence-electron chi connectivity index (χ1n) is 6.04. The van der Waals surface area contributed by atoms with Crippen LogP contribution >= 0.6 is 0 Å². The van der Waals surface area contributed by atoms with Crippen LogP contribution in [0.5, 0.6) is 0 Å². The third-order valence-corrected chi connectivity index (χ3v) is 2.99. The summed E-state index contributed by atoms with van der Waals surface area (Å²) in [5, 5.41) is 11.6. The Bertz CT molecular complexity index is 454. The standard InChI is InChI=1S/C14H19NO3/c1-4-11(14(17)18)8-15-13(16)12-7-9(2)5-6-10(12)3/h5-7,11H,4,8H2,1-3H3,(H,15,16)(H,17,18). The molecule has 1 atom stereocenters. The molecule has 0 fully saturated rings. The van der Waals surface area contributed by atoms with Crippen molar-refractivity contribution in [1.29, 1.82) is 0 Å². The Morgan fingerprint density at radius 1 is 1.33 bits per heavy atom. The van der Waals surface area contributed by atoms with Gasteiger partial charge in [-0.2, -0.15) is 0 Å². The minimum Gasteiger partial charge on any atom is -0.481 e. The van der Waals surface area contributed by atoms with E-state index in [2.05, 4.69) is 5.32 Å². The molecule has 0 spiro atoms. The van der Waals surface area contributed by atoms with Crippen LogP contribution in [0.3, 0.4) is 0 Å². The maximum Gasteiger partial charge on any atom is 0.308 e. The third kappa shape index (κ3) is 3.58. The molecule has 2 N–H and O–H groups in total. The van der Waals surface area contributed by atoms with Crippen LogP contribution in [-0.4, -0.2) is 23.5 Å². The zero-order valence-corrected chi connectivity index (χ0v) is 11.0. The zero-order valence-electron chi connectivity index (χ0n) is 11.0. The molecule has 0 bridgehead atoms. The Balaban J connectivity index is 2.71. The summed E-state index contributed by atoms with van der Waals surface area (Å²) < 4.78 is 0. The molecule has 0 saturated carbocycles. The topological polar surface area (TPSA) is 66.4 Å². The van der Waals surface area contributed by atoms with E-state index in [1.54, 1.807) is 6.92 Å². The third-order valence-electron chi connectivity index (χ3n) is 2.99. The van der Waals surface area contributed by atoms with Crippen LogP contribution in [0.2, 0.25) is 0 Å². The molecule has 1 aromatic rings. The quantitative estimate of drug-likeness (QED) is 0.840. The number of nitrogens with one attached hydrogen (secondary N) is 1. The predicted octanol–water partition coefficient (Wildman–Crippen LogP) is 2.14. The number of aliphatic carboxylic acids is 1. The number of hydrogen-bond donors (Lipinski definition) is 2. The number of carboxylic acids is 1. The number of amides is 1. The van der Waals surface area contributed by atoms with Gasteiger partial charge in [0.15, 0.2) is 0 Å². The Morgan fingerprint density at radius 3 is 2.56 bits per heavy atom. The van der Waals surface area contributed by atoms with Gasteiger partial charge in [0.2, 0.25) is 0 Å². The van der Waals surface area contributed by atoms with Gasteiger partial charge in [-0.05, 0) is 31.9 Å². The second kappa shape index (κ2) is 6.19. The van der Waals surface area contributed by atoms with E-state index < -0.39 is 11.9 Å². The molecule has 0 aliphatic rings. The number of hydrogen-bond acceptors (Lipinski definition) is 2. The number of benzene rings is 1. The van der Waals surface area contributed by atoms with Gasteiger partial charge in [-0.25, -0.2) is 0 Å². The summed E-state index contributed by atoms with van der Waals surface area (Å²) in [5.74, 6) is -1.62. The number of carbonyl (C=O) groups is 2. The van der Waals surface area contributed by atoms with Crippen LogP contribution < -0.4 is 5.32 Å². The van der Waals surface area contributed by atoms with E-state index in [1.165, 1.54) is 0 Å². The van der Waals surface area contributed by atoms with Crippen molar-refractivity contribution in [2.45, 2.75) is 27.2 Å². The van der Waals surface area contributed by atoms with Gasteiger partial charge in [0.05, 0.1) is 5.92 Å². The van der Waals surface area contributed by atoms with Crippen LogP contribution in [0.4, 0.5) is 0 Å². The molecule has 1 aromatic carbocycles. The number of carboxylic acid groups (broad SMARTS) is 1. The summed E-state index contributed by atoms with van der Waals surface area (Å²) in [6.45, 7) is 5.74. The van der Waals surface area contributed by atoms with Crippen LogP contribution in [0.15, 0.2) is 18.2 Å². The summed E-state index contributed by atoms with van der Waals surface area (Å²) >= 11 is 0. The summed E-state index contributed by atoms with van der Waals surface area (Å²) in [7, 11) is 0. The van der Waals surface area contributed by atoms with E-state index in [0.717, 1.165) is 11.1 Å². The van der Waals surface area contributed by atoms with Gasteiger partial charge in [0, 0.05) is 12.1 Å². The average molecular weight is 249 g/mol. The van der Waals surface area contributed by atoms with Gasteiger partial charge >= 0.3 is 5.97 Å². The Labute approximate surface area is 107 Å². The lowest BCUT2D eigenvalue weighted by atomic mass is 10.0. The normalized spacial score (nSPS) is 11.9. The molecule has 1 unspecified atom stereocenters. The van der Waals surface area contributed by atoms with E-state index in [1.807, 2.05) is 32.0 Å². The summed E-state index contributed by atoms with van der Waals surface area (Å²) in [6, 6.07) is 5.64. The van der Waals surface area contributed by atoms with Crippen molar-refractivity contribution in [2.24, 2.45) is 5.92 Å². The monoisotopic (exact) mass is 249 g/mol. The van der Waals surface area contributed by atoms with E-state index in [4.69, 9.17) is 5.11 Å². The molecule has 0 aliphatic heterocycles. The van der Waals surface area contributed by atoms with Gasteiger partial charge in [-0.1, -0.05) is 24.6 Å². The fourth-order valence-corrected chi connectivity index (χ4v) is 1.70. The van der Waals surface area contributed by atoms with Crippen molar-refractivity contribution >= 4 is 11.9 Å². The number of carbonyl (C=O) groups excluding carboxylic acids is 1. The highest BCUT2D eigenvalue weighted by atomic mass is 16.4. The van der Waals surface area contributed by atoms with Crippen molar-refractivity contribution < 1.29 is 14.7 Å². The predicted molar refractivity (Wildman–Crippen MR) is 69.7 cm³/mol. The molecule has 1 amide bonds. The van der Waals surface area contributed by atoms with E-state index in [9.17, 15) is 9.59 Å². The van der Waals surface area contributed by atoms with Crippen molar-refractivity contribution in [3.63, 3.8) is 0 Å². The number of rotatable bonds is 5. The molecule has 0 aromatic heterocycles. The minimum absolute atomic E-state index is 0.165. The molecule has 98 valence electrons. The highest BCUT2D eigenvalue weighted by molar-refractivity contribution is 5.96. The molecule has 0 heterocycles. The number of aryl methyl sites for hydroxylation is 2. The maximum absolute atomic E-state index is 12.0. The van der Waals surface area contributed by atoms with Crippen LogP contribution in [0.25, 0.3) is 0 Å². The van der Waals surface area contributed by atoms with Crippen molar-refractivity contribution in [3.8, 4) is 0 Å². The summed E-state index contributed by atoms with van der Waals surface area (Å²) in [4.78, 5) is 22.8. The lowest BCUT2D eigenvalue weighted by Crippen LogP contribution is -2.33. The molecule has 4 nitrogen and oxygen atoms in total. The van der Waals surface area contributed by atoms with Gasteiger partial charge in [-0.3, -0.25) is 9.59 Å². The van der Waals surface area contributed by atoms with Crippen LogP contribution in [0.1, 0.15) is 34.8 Å². The summed E-state index contributed by atoms with van der Waals surface area (Å²) in [5.41, 5.74) is 2.51. The fourth-order valence-electron chi connectivity index (χ4n) is 1.70. The smallest absolute Gasteiger partial charge is 0.308 e. The highest BCUT2D eigenvalue weighted by Crippen LogP contribution is 2.11. The van der Waals surface area contributed by atoms with E-state index in [-0.39, 0.29) is 12.5 Å². The SMILES string of the molecule is CCC(CNC(=O)c1cc(C)ccc1C)C(=O)O. The maximum atomic E-state index is 12.0. The molecule has 18 heavy (non-hydrogen) atoms. The zero-order chi connectivity index (χ0) is 13.7. The molecule has 1 rings (SSSR count). The van der Waals surface area contributed by atoms with Crippen molar-refractivity contribution in [2.75, 3.05) is 6.54 Å². The van der Waals surface area contributed by atoms with Crippen LogP contribution in [-0.2, 0) is 4.79 Å². The lowest BCUT2D eigenvalue weighted by molar-refractivity contribution is -0.141. The Hall–Kier alpha value is -1.84. The molecule has 0 aliphatic carbocycles. The van der Waals surface area contributed by atoms with Crippen LogP contribution in [0, 0.1) is 19.8 Å². The van der Waals surface area contributed by atoms with Gasteiger partial charge in [0.25, 0.3) is 5.91 Å². The molecular weight excluding hydrogens is 230 g/mol. The molecular formula is C14H19NO3. The van der Waals surface area contributed by atoms with E-state index in [0.29, 0.717) is 12.0 Å². The van der Waals surface area contributed by atoms with Gasteiger partial charge < -0.3 is 10.4 Å². The first-order valence-corrected chi connectivity index (χ1v) is 6.04. The first-order chi connectivity index (χ1) is 8.45. The molecule has 0 saturated heterocycles. The Morgan fingerprint density at radius 2 is 2.00 bits per heavy atom. The highest BCUT2D eigenvalue weighted by Gasteiger charge is 2.17. The minimum atomic E-state index is -0.876. The van der Waals surface area contributed by atoms with Crippen molar-refractivity contribution in [1.82, 2.24) is 5.32 Å². The molecule has 0 radical (unpaired) electrons. The molecule has 4 heteroatoms. The van der Waals surface area contributed by atoms with Gasteiger partial charge in [-0.15, -0.1) is 0 Å². The van der Waals surface area contributed by atoms with Crippen molar-refractivity contribution in [3.05, 3.63) is 34.9 Å². The summed E-state index contributed by atoms with van der Waals surface area (Å²) in [6.07, 6.45) is 0.502. The van der Waals surface area contributed by atoms with Gasteiger partial charge in [0.1, 0.15) is 0 Å². The Kier molecular flexibility index (Phi) is 4.89. The average Bonchev–Trinajstić information content (AvgIpc) is 2.32.